The number of aromatic nitrogens is 3. The first kappa shape index (κ1) is 35.0. The van der Waals surface area contributed by atoms with Crippen molar-refractivity contribution in [1.29, 1.82) is 0 Å². The molecule has 0 bridgehead atoms. The van der Waals surface area contributed by atoms with Crippen molar-refractivity contribution in [2.24, 2.45) is 0 Å². The number of benzene rings is 9. The Morgan fingerprint density at radius 2 is 0.590 bits per heavy atom. The topological polar surface area (TPSA) is 38.7 Å². The van der Waals surface area contributed by atoms with Crippen LogP contribution in [-0.2, 0) is 5.41 Å². The van der Waals surface area contributed by atoms with Crippen LogP contribution in [-0.4, -0.2) is 15.0 Å². The zero-order chi connectivity index (χ0) is 40.3. The number of rotatable bonds is 6. The van der Waals surface area contributed by atoms with Gasteiger partial charge in [-0.05, 0) is 84.0 Å². The highest BCUT2D eigenvalue weighted by atomic mass is 15.0. The van der Waals surface area contributed by atoms with Gasteiger partial charge in [-0.3, -0.25) is 0 Å². The van der Waals surface area contributed by atoms with Crippen LogP contribution in [0.1, 0.15) is 22.3 Å². The maximum atomic E-state index is 5.08. The van der Waals surface area contributed by atoms with Gasteiger partial charge in [0.25, 0.3) is 0 Å². The van der Waals surface area contributed by atoms with Crippen LogP contribution in [0.2, 0.25) is 0 Å². The lowest BCUT2D eigenvalue weighted by atomic mass is 9.70. The molecule has 0 N–H and O–H groups in total. The summed E-state index contributed by atoms with van der Waals surface area (Å²) >= 11 is 0. The third-order valence-electron chi connectivity index (χ3n) is 12.6. The number of nitrogens with zero attached hydrogens (tertiary/aromatic N) is 3. The first-order valence-corrected chi connectivity index (χ1v) is 20.9. The monoisotopic (exact) mass is 775 g/mol. The highest BCUT2D eigenvalue weighted by Crippen LogP contribution is 2.63. The van der Waals surface area contributed by atoms with E-state index in [2.05, 4.69) is 188 Å². The molecule has 0 amide bonds. The van der Waals surface area contributed by atoms with Crippen LogP contribution >= 0.6 is 0 Å². The first-order chi connectivity index (χ1) is 30.2. The Hall–Kier alpha value is -8.01. The van der Waals surface area contributed by atoms with Gasteiger partial charge in [-0.2, -0.15) is 0 Å². The highest BCUT2D eigenvalue weighted by molar-refractivity contribution is 6.00. The molecule has 0 aliphatic heterocycles. The van der Waals surface area contributed by atoms with E-state index in [-0.39, 0.29) is 5.41 Å². The minimum Gasteiger partial charge on any atom is -0.208 e. The highest BCUT2D eigenvalue weighted by Gasteiger charge is 2.51. The van der Waals surface area contributed by atoms with Gasteiger partial charge in [-0.15, -0.1) is 0 Å². The zero-order valence-corrected chi connectivity index (χ0v) is 33.2. The minimum atomic E-state index is -0.365. The minimum absolute atomic E-state index is 0.365. The molecule has 1 spiro atoms. The molecule has 3 nitrogen and oxygen atoms in total. The molecular formula is C58H37N3. The van der Waals surface area contributed by atoms with E-state index in [0.717, 1.165) is 33.4 Å². The fourth-order valence-electron chi connectivity index (χ4n) is 9.86. The molecule has 1 heterocycles. The smallest absolute Gasteiger partial charge is 0.164 e. The molecule has 0 unspecified atom stereocenters. The second-order valence-corrected chi connectivity index (χ2v) is 15.9. The second-order valence-electron chi connectivity index (χ2n) is 15.9. The van der Waals surface area contributed by atoms with Crippen molar-refractivity contribution < 1.29 is 0 Å². The van der Waals surface area contributed by atoms with Crippen LogP contribution in [0.5, 0.6) is 0 Å². The van der Waals surface area contributed by atoms with Crippen molar-refractivity contribution in [2.75, 3.05) is 0 Å². The standard InChI is InChI=1S/C58H37N3/c1-3-15-38(16-4-1)39-31-35-43(36-32-39)56-59-55(42-17-5-2-6-18-42)60-57(61-56)45-20-13-19-44(37-45)40-29-33-41(34-30-40)46-24-14-28-53-54(46)49-23-9-12-27-52(49)58(53)50-25-10-7-21-47(50)48-22-8-11-26-51(48)58/h1-37H. The van der Waals surface area contributed by atoms with Gasteiger partial charge >= 0.3 is 0 Å². The molecule has 0 radical (unpaired) electrons. The van der Waals surface area contributed by atoms with Crippen LogP contribution in [0.25, 0.3) is 89.8 Å². The third kappa shape index (κ3) is 5.55. The Bertz CT molecular complexity index is 3230. The lowest BCUT2D eigenvalue weighted by Crippen LogP contribution is -2.25. The van der Waals surface area contributed by atoms with Crippen LogP contribution in [0.15, 0.2) is 224 Å². The van der Waals surface area contributed by atoms with Gasteiger partial charge in [0, 0.05) is 16.7 Å². The van der Waals surface area contributed by atoms with Gasteiger partial charge in [-0.1, -0.05) is 218 Å². The normalized spacial score (nSPS) is 12.7. The quantitative estimate of drug-likeness (QED) is 0.169. The molecule has 0 fully saturated rings. The largest absolute Gasteiger partial charge is 0.208 e. The van der Waals surface area contributed by atoms with Crippen LogP contribution in [0.3, 0.4) is 0 Å². The van der Waals surface area contributed by atoms with E-state index in [9.17, 15) is 0 Å². The van der Waals surface area contributed by atoms with Crippen molar-refractivity contribution >= 4 is 0 Å². The molecule has 3 heteroatoms. The fraction of sp³-hybridized carbons (Fsp3) is 0.0172. The fourth-order valence-corrected chi connectivity index (χ4v) is 9.86. The van der Waals surface area contributed by atoms with E-state index < -0.39 is 0 Å². The summed E-state index contributed by atoms with van der Waals surface area (Å²) in [6.07, 6.45) is 0. The van der Waals surface area contributed by atoms with Crippen molar-refractivity contribution in [1.82, 2.24) is 15.0 Å². The van der Waals surface area contributed by atoms with E-state index in [1.54, 1.807) is 0 Å². The number of hydrogen-bond donors (Lipinski definition) is 0. The summed E-state index contributed by atoms with van der Waals surface area (Å²) in [4.78, 5) is 15.1. The number of hydrogen-bond acceptors (Lipinski definition) is 3. The molecule has 1 aromatic heterocycles. The molecule has 9 aromatic carbocycles. The van der Waals surface area contributed by atoms with E-state index in [1.165, 1.54) is 61.2 Å². The maximum absolute atomic E-state index is 5.08. The van der Waals surface area contributed by atoms with Crippen molar-refractivity contribution in [3.05, 3.63) is 247 Å². The Morgan fingerprint density at radius 1 is 0.230 bits per heavy atom. The predicted molar refractivity (Wildman–Crippen MR) is 249 cm³/mol. The lowest BCUT2D eigenvalue weighted by Gasteiger charge is -2.30. The molecule has 284 valence electrons. The molecule has 2 aliphatic carbocycles. The van der Waals surface area contributed by atoms with E-state index >= 15 is 0 Å². The molecule has 10 aromatic rings. The molecule has 2 aliphatic rings. The van der Waals surface area contributed by atoms with Gasteiger partial charge in [0.05, 0.1) is 5.41 Å². The maximum Gasteiger partial charge on any atom is 0.164 e. The molecular weight excluding hydrogens is 739 g/mol. The van der Waals surface area contributed by atoms with Crippen LogP contribution < -0.4 is 0 Å². The summed E-state index contributed by atoms with van der Waals surface area (Å²) in [5.74, 6) is 1.92. The van der Waals surface area contributed by atoms with E-state index in [1.807, 2.05) is 36.4 Å². The second kappa shape index (κ2) is 14.1. The Morgan fingerprint density at radius 3 is 1.21 bits per heavy atom. The number of fused-ring (bicyclic) bond motifs is 10. The molecule has 12 rings (SSSR count). The Balaban J connectivity index is 0.925. The van der Waals surface area contributed by atoms with Crippen LogP contribution in [0, 0.1) is 0 Å². The SMILES string of the molecule is c1ccc(-c2ccc(-c3nc(-c4ccccc4)nc(-c4cccc(-c5ccc(-c6cccc7c6-c6ccccc6C76c7ccccc7-c7ccccc76)cc5)c4)n3)cc2)cc1. The average Bonchev–Trinajstić information content (AvgIpc) is 3.82. The summed E-state index contributed by atoms with van der Waals surface area (Å²) in [5, 5.41) is 0. The van der Waals surface area contributed by atoms with Gasteiger partial charge in [-0.25, -0.2) is 15.0 Å². The van der Waals surface area contributed by atoms with E-state index in [4.69, 9.17) is 15.0 Å². The van der Waals surface area contributed by atoms with Gasteiger partial charge < -0.3 is 0 Å². The summed E-state index contributed by atoms with van der Waals surface area (Å²) < 4.78 is 0. The van der Waals surface area contributed by atoms with E-state index in [0.29, 0.717) is 17.5 Å². The molecule has 61 heavy (non-hydrogen) atoms. The lowest BCUT2D eigenvalue weighted by molar-refractivity contribution is 0.794. The summed E-state index contributed by atoms with van der Waals surface area (Å²) in [7, 11) is 0. The van der Waals surface area contributed by atoms with Crippen molar-refractivity contribution in [3.63, 3.8) is 0 Å². The predicted octanol–water partition coefficient (Wildman–Crippen LogP) is 14.2. The average molecular weight is 776 g/mol. The van der Waals surface area contributed by atoms with Crippen molar-refractivity contribution in [3.8, 4) is 89.8 Å². The van der Waals surface area contributed by atoms with Crippen LogP contribution in [0.4, 0.5) is 0 Å². The van der Waals surface area contributed by atoms with Gasteiger partial charge in [0.1, 0.15) is 0 Å². The summed E-state index contributed by atoms with van der Waals surface area (Å²) in [6, 6.07) is 80.5. The summed E-state index contributed by atoms with van der Waals surface area (Å²) in [6.45, 7) is 0. The zero-order valence-electron chi connectivity index (χ0n) is 33.2. The van der Waals surface area contributed by atoms with Crippen molar-refractivity contribution in [2.45, 2.75) is 5.41 Å². The molecule has 0 saturated heterocycles. The first-order valence-electron chi connectivity index (χ1n) is 20.9. The van der Waals surface area contributed by atoms with Gasteiger partial charge in [0.15, 0.2) is 17.5 Å². The Labute approximate surface area is 355 Å². The molecule has 0 saturated carbocycles. The Kier molecular flexibility index (Phi) is 8.07. The third-order valence-corrected chi connectivity index (χ3v) is 12.6. The van der Waals surface area contributed by atoms with Gasteiger partial charge in [0.2, 0.25) is 0 Å². The molecule has 0 atom stereocenters. The summed E-state index contributed by atoms with van der Waals surface area (Å²) in [5.41, 5.74) is 20.1.